The lowest BCUT2D eigenvalue weighted by atomic mass is 10.1. The Morgan fingerprint density at radius 3 is 2.50 bits per heavy atom. The lowest BCUT2D eigenvalue weighted by Gasteiger charge is -2.16. The summed E-state index contributed by atoms with van der Waals surface area (Å²) in [5, 5.41) is 3.04. The van der Waals surface area contributed by atoms with Gasteiger partial charge in [-0.05, 0) is 50.8 Å². The molecule has 0 radical (unpaired) electrons. The number of hydrogen-bond acceptors (Lipinski definition) is 1. The summed E-state index contributed by atoms with van der Waals surface area (Å²) in [4.78, 5) is 12.8. The van der Waals surface area contributed by atoms with Crippen molar-refractivity contribution in [1.82, 2.24) is 9.88 Å². The van der Waals surface area contributed by atoms with Crippen molar-refractivity contribution in [2.24, 2.45) is 0 Å². The van der Waals surface area contributed by atoms with E-state index in [9.17, 15) is 9.18 Å². The Morgan fingerprint density at radius 2 is 1.92 bits per heavy atom. The molecule has 0 bridgehead atoms. The highest BCUT2D eigenvalue weighted by Crippen LogP contribution is 2.25. The average molecular weight is 330 g/mol. The van der Waals surface area contributed by atoms with E-state index < -0.39 is 0 Å². The highest BCUT2D eigenvalue weighted by Gasteiger charge is 2.23. The van der Waals surface area contributed by atoms with Crippen LogP contribution in [0.25, 0.3) is 0 Å². The monoisotopic (exact) mass is 330 g/mol. The second-order valence-electron chi connectivity index (χ2n) is 6.35. The fourth-order valence-corrected chi connectivity index (χ4v) is 3.15. The highest BCUT2D eigenvalue weighted by atomic mass is 19.1. The lowest BCUT2D eigenvalue weighted by Crippen LogP contribution is -2.34. The SMILES string of the molecule is CCc1c(C)c(C(=O)NC(C)CC)n(Cc2ccccc2F)c1C. The number of amides is 1. The number of halogens is 1. The van der Waals surface area contributed by atoms with Gasteiger partial charge in [0.15, 0.2) is 0 Å². The van der Waals surface area contributed by atoms with Gasteiger partial charge < -0.3 is 9.88 Å². The zero-order chi connectivity index (χ0) is 17.9. The first-order valence-electron chi connectivity index (χ1n) is 8.63. The van der Waals surface area contributed by atoms with Gasteiger partial charge in [-0.25, -0.2) is 4.39 Å². The standard InChI is InChI=1S/C20H27FN2O/c1-6-13(3)22-20(24)19-14(4)17(7-2)15(5)23(19)12-16-10-8-9-11-18(16)21/h8-11,13H,6-7,12H2,1-5H3,(H,22,24). The molecule has 1 aromatic heterocycles. The Bertz CT molecular complexity index is 733. The smallest absolute Gasteiger partial charge is 0.268 e. The number of nitrogens with zero attached hydrogens (tertiary/aromatic N) is 1. The number of carbonyl (C=O) groups excluding carboxylic acids is 1. The molecule has 4 heteroatoms. The Labute approximate surface area is 143 Å². The summed E-state index contributed by atoms with van der Waals surface area (Å²) in [6.07, 6.45) is 1.73. The molecule has 0 spiro atoms. The summed E-state index contributed by atoms with van der Waals surface area (Å²) in [7, 11) is 0. The van der Waals surface area contributed by atoms with Crippen molar-refractivity contribution in [2.75, 3.05) is 0 Å². The van der Waals surface area contributed by atoms with Crippen LogP contribution >= 0.6 is 0 Å². The number of carbonyl (C=O) groups is 1. The van der Waals surface area contributed by atoms with E-state index in [1.54, 1.807) is 12.1 Å². The quantitative estimate of drug-likeness (QED) is 0.838. The van der Waals surface area contributed by atoms with Gasteiger partial charge in [0.1, 0.15) is 11.5 Å². The molecule has 0 saturated carbocycles. The van der Waals surface area contributed by atoms with Gasteiger partial charge in [0.25, 0.3) is 5.91 Å². The Balaban J connectivity index is 2.49. The molecule has 1 unspecified atom stereocenters. The molecule has 1 aromatic carbocycles. The van der Waals surface area contributed by atoms with Crippen molar-refractivity contribution in [3.05, 3.63) is 58.2 Å². The molecule has 1 N–H and O–H groups in total. The normalized spacial score (nSPS) is 12.2. The summed E-state index contributed by atoms with van der Waals surface area (Å²) in [6, 6.07) is 6.84. The van der Waals surface area contributed by atoms with E-state index in [0.29, 0.717) is 17.8 Å². The Hall–Kier alpha value is -2.10. The summed E-state index contributed by atoms with van der Waals surface area (Å²) in [6.45, 7) is 10.5. The third kappa shape index (κ3) is 3.53. The second-order valence-corrected chi connectivity index (χ2v) is 6.35. The van der Waals surface area contributed by atoms with Crippen molar-refractivity contribution >= 4 is 5.91 Å². The maximum Gasteiger partial charge on any atom is 0.268 e. The number of benzene rings is 1. The van der Waals surface area contributed by atoms with Crippen LogP contribution in [0, 0.1) is 19.7 Å². The second kappa shape index (κ2) is 7.65. The minimum atomic E-state index is -0.241. The molecular formula is C20H27FN2O. The topological polar surface area (TPSA) is 34.0 Å². The molecule has 2 rings (SSSR count). The van der Waals surface area contributed by atoms with Gasteiger partial charge in [0.05, 0.1) is 6.54 Å². The van der Waals surface area contributed by atoms with E-state index in [1.165, 1.54) is 11.6 Å². The third-order valence-electron chi connectivity index (χ3n) is 4.76. The predicted molar refractivity (Wildman–Crippen MR) is 96.0 cm³/mol. The zero-order valence-electron chi connectivity index (χ0n) is 15.2. The molecular weight excluding hydrogens is 303 g/mol. The summed E-state index contributed by atoms with van der Waals surface area (Å²) < 4.78 is 16.0. The molecule has 24 heavy (non-hydrogen) atoms. The van der Waals surface area contributed by atoms with Crippen molar-refractivity contribution in [1.29, 1.82) is 0 Å². The van der Waals surface area contributed by atoms with E-state index in [1.807, 2.05) is 38.3 Å². The fourth-order valence-electron chi connectivity index (χ4n) is 3.15. The van der Waals surface area contributed by atoms with Crippen LogP contribution in [0.3, 0.4) is 0 Å². The first-order valence-corrected chi connectivity index (χ1v) is 8.63. The molecule has 0 aliphatic rings. The molecule has 1 atom stereocenters. The maximum absolute atomic E-state index is 14.1. The van der Waals surface area contributed by atoms with Crippen molar-refractivity contribution < 1.29 is 9.18 Å². The third-order valence-corrected chi connectivity index (χ3v) is 4.76. The fraction of sp³-hybridized carbons (Fsp3) is 0.450. The summed E-state index contributed by atoms with van der Waals surface area (Å²) >= 11 is 0. The van der Waals surface area contributed by atoms with Gasteiger partial charge in [0.2, 0.25) is 0 Å². The van der Waals surface area contributed by atoms with Crippen molar-refractivity contribution in [3.8, 4) is 0 Å². The van der Waals surface area contributed by atoms with Crippen LogP contribution in [0.1, 0.15) is 60.1 Å². The van der Waals surface area contributed by atoms with Crippen LogP contribution in [0.2, 0.25) is 0 Å². The molecule has 0 aliphatic heterocycles. The summed E-state index contributed by atoms with van der Waals surface area (Å²) in [5.74, 6) is -0.324. The van der Waals surface area contributed by atoms with Gasteiger partial charge >= 0.3 is 0 Å². The van der Waals surface area contributed by atoms with Gasteiger partial charge in [0, 0.05) is 17.3 Å². The van der Waals surface area contributed by atoms with Crippen molar-refractivity contribution in [3.63, 3.8) is 0 Å². The number of rotatable bonds is 6. The Morgan fingerprint density at radius 1 is 1.25 bits per heavy atom. The van der Waals surface area contributed by atoms with Crippen LogP contribution in [0.15, 0.2) is 24.3 Å². The molecule has 130 valence electrons. The minimum absolute atomic E-state index is 0.0824. The van der Waals surface area contributed by atoms with Gasteiger partial charge in [-0.2, -0.15) is 0 Å². The van der Waals surface area contributed by atoms with E-state index in [2.05, 4.69) is 12.2 Å². The molecule has 0 aliphatic carbocycles. The maximum atomic E-state index is 14.1. The van der Waals surface area contributed by atoms with Gasteiger partial charge in [-0.15, -0.1) is 0 Å². The molecule has 3 nitrogen and oxygen atoms in total. The molecule has 0 fully saturated rings. The van der Waals surface area contributed by atoms with E-state index in [0.717, 1.165) is 24.1 Å². The number of nitrogens with one attached hydrogen (secondary N) is 1. The first-order chi connectivity index (χ1) is 11.4. The van der Waals surface area contributed by atoms with E-state index >= 15 is 0 Å². The van der Waals surface area contributed by atoms with Crippen LogP contribution in [-0.4, -0.2) is 16.5 Å². The molecule has 0 saturated heterocycles. The van der Waals surface area contributed by atoms with Gasteiger partial charge in [-0.1, -0.05) is 32.0 Å². The van der Waals surface area contributed by atoms with Gasteiger partial charge in [-0.3, -0.25) is 4.79 Å². The van der Waals surface area contributed by atoms with Crippen LogP contribution < -0.4 is 5.32 Å². The molecule has 1 heterocycles. The number of aromatic nitrogens is 1. The average Bonchev–Trinajstić information content (AvgIpc) is 2.79. The van der Waals surface area contributed by atoms with E-state index in [-0.39, 0.29) is 17.8 Å². The molecule has 2 aromatic rings. The Kier molecular flexibility index (Phi) is 5.81. The first kappa shape index (κ1) is 18.2. The number of hydrogen-bond donors (Lipinski definition) is 1. The van der Waals surface area contributed by atoms with E-state index in [4.69, 9.17) is 0 Å². The highest BCUT2D eigenvalue weighted by molar-refractivity contribution is 5.95. The summed E-state index contributed by atoms with van der Waals surface area (Å²) in [5.41, 5.74) is 4.43. The minimum Gasteiger partial charge on any atom is -0.348 e. The van der Waals surface area contributed by atoms with Crippen LogP contribution in [-0.2, 0) is 13.0 Å². The zero-order valence-corrected chi connectivity index (χ0v) is 15.2. The van der Waals surface area contributed by atoms with Crippen molar-refractivity contribution in [2.45, 2.75) is 60.0 Å². The predicted octanol–water partition coefficient (Wildman–Crippen LogP) is 4.38. The lowest BCUT2D eigenvalue weighted by molar-refractivity contribution is 0.0929. The van der Waals surface area contributed by atoms with Crippen LogP contribution in [0.5, 0.6) is 0 Å². The van der Waals surface area contributed by atoms with Crippen LogP contribution in [0.4, 0.5) is 4.39 Å². The largest absolute Gasteiger partial charge is 0.348 e. The molecule has 1 amide bonds.